The molecule has 3 aromatic rings. The van der Waals surface area contributed by atoms with Crippen molar-refractivity contribution in [1.82, 2.24) is 19.4 Å². The largest absolute Gasteiger partial charge is 0.350 e. The van der Waals surface area contributed by atoms with E-state index in [2.05, 4.69) is 22.2 Å². The fraction of sp³-hybridized carbons (Fsp3) is 0.133. The smallest absolute Gasteiger partial charge is 0.216 e. The van der Waals surface area contributed by atoms with Crippen molar-refractivity contribution in [3.05, 3.63) is 58.6 Å². The van der Waals surface area contributed by atoms with Gasteiger partial charge in [-0.3, -0.25) is 0 Å². The van der Waals surface area contributed by atoms with Gasteiger partial charge in [-0.2, -0.15) is 14.9 Å². The first-order valence-corrected chi connectivity index (χ1v) is 6.96. The van der Waals surface area contributed by atoms with Gasteiger partial charge in [0.1, 0.15) is 0 Å². The quantitative estimate of drug-likeness (QED) is 0.596. The first kappa shape index (κ1) is 13.5. The van der Waals surface area contributed by atoms with Crippen LogP contribution in [0.5, 0.6) is 0 Å². The molecule has 3 rings (SSSR count). The molecule has 0 fully saturated rings. The number of nitrogens with one attached hydrogen (secondary N) is 1. The molecule has 0 atom stereocenters. The highest BCUT2D eigenvalue weighted by molar-refractivity contribution is 7.71. The summed E-state index contributed by atoms with van der Waals surface area (Å²) in [6.07, 6.45) is 3.74. The average Bonchev–Trinajstić information content (AvgIpc) is 3.04. The third-order valence-corrected chi connectivity index (χ3v) is 3.51. The molecule has 5 nitrogen and oxygen atoms in total. The van der Waals surface area contributed by atoms with Crippen LogP contribution in [0.3, 0.4) is 0 Å². The first-order chi connectivity index (χ1) is 10.1. The van der Waals surface area contributed by atoms with Gasteiger partial charge in [-0.25, -0.2) is 5.10 Å². The van der Waals surface area contributed by atoms with E-state index in [4.69, 9.17) is 12.2 Å². The molecule has 1 N–H and O–H groups in total. The second-order valence-electron chi connectivity index (χ2n) is 4.82. The predicted octanol–water partition coefficient (Wildman–Crippen LogP) is 3.14. The van der Waals surface area contributed by atoms with E-state index in [9.17, 15) is 0 Å². The monoisotopic (exact) mass is 297 g/mol. The van der Waals surface area contributed by atoms with Crippen molar-refractivity contribution >= 4 is 18.4 Å². The van der Waals surface area contributed by atoms with Crippen molar-refractivity contribution in [2.75, 3.05) is 0 Å². The van der Waals surface area contributed by atoms with Crippen molar-refractivity contribution in [1.29, 1.82) is 0 Å². The summed E-state index contributed by atoms with van der Waals surface area (Å²) in [5.41, 5.74) is 3.16. The Labute approximate surface area is 127 Å². The number of rotatable bonds is 3. The second-order valence-corrected chi connectivity index (χ2v) is 5.21. The topological polar surface area (TPSA) is 50.9 Å². The van der Waals surface area contributed by atoms with Crippen molar-refractivity contribution in [3.63, 3.8) is 0 Å². The minimum atomic E-state index is 0.469. The summed E-state index contributed by atoms with van der Waals surface area (Å²) in [7, 11) is 1.97. The minimum Gasteiger partial charge on any atom is -0.350 e. The Bertz CT molecular complexity index is 836. The van der Waals surface area contributed by atoms with E-state index >= 15 is 0 Å². The number of benzene rings is 1. The molecule has 0 aliphatic heterocycles. The number of H-pyrrole nitrogens is 1. The molecule has 0 bridgehead atoms. The Hall–Kier alpha value is -2.47. The Balaban J connectivity index is 2.02. The zero-order valence-electron chi connectivity index (χ0n) is 11.8. The fourth-order valence-corrected chi connectivity index (χ4v) is 2.19. The standard InChI is InChI=1S/C15H15N5S/c1-11-5-7-12(8-6-11)14-17-18-15(21)20(14)16-10-13-4-3-9-19(13)2/h3-10H,1-2H3,(H,18,21)/b16-10-. The number of nitrogens with zero attached hydrogens (tertiary/aromatic N) is 4. The molecule has 0 aliphatic carbocycles. The van der Waals surface area contributed by atoms with Gasteiger partial charge >= 0.3 is 0 Å². The maximum Gasteiger partial charge on any atom is 0.216 e. The predicted molar refractivity (Wildman–Crippen MR) is 86.0 cm³/mol. The van der Waals surface area contributed by atoms with Crippen LogP contribution in [-0.4, -0.2) is 25.7 Å². The van der Waals surface area contributed by atoms with Crippen molar-refractivity contribution in [3.8, 4) is 11.4 Å². The summed E-state index contributed by atoms with van der Waals surface area (Å²) in [5.74, 6) is 0.699. The summed E-state index contributed by atoms with van der Waals surface area (Å²) in [6, 6.07) is 12.1. The third kappa shape index (κ3) is 2.71. The van der Waals surface area contributed by atoms with E-state index in [1.54, 1.807) is 10.9 Å². The van der Waals surface area contributed by atoms with Gasteiger partial charge in [-0.05, 0) is 31.3 Å². The van der Waals surface area contributed by atoms with Gasteiger partial charge < -0.3 is 4.57 Å². The zero-order chi connectivity index (χ0) is 14.8. The molecule has 0 radical (unpaired) electrons. The lowest BCUT2D eigenvalue weighted by Gasteiger charge is -2.02. The molecule has 21 heavy (non-hydrogen) atoms. The lowest BCUT2D eigenvalue weighted by molar-refractivity contribution is 0.862. The third-order valence-electron chi connectivity index (χ3n) is 3.25. The van der Waals surface area contributed by atoms with E-state index < -0.39 is 0 Å². The lowest BCUT2D eigenvalue weighted by atomic mass is 10.1. The van der Waals surface area contributed by atoms with Crippen molar-refractivity contribution in [2.24, 2.45) is 12.1 Å². The maximum atomic E-state index is 5.25. The van der Waals surface area contributed by atoms with Crippen LogP contribution < -0.4 is 0 Å². The first-order valence-electron chi connectivity index (χ1n) is 6.55. The average molecular weight is 297 g/mol. The molecule has 2 heterocycles. The number of aryl methyl sites for hydroxylation is 2. The molecule has 2 aromatic heterocycles. The highest BCUT2D eigenvalue weighted by Crippen LogP contribution is 2.17. The van der Waals surface area contributed by atoms with Crippen LogP contribution in [0.4, 0.5) is 0 Å². The highest BCUT2D eigenvalue weighted by Gasteiger charge is 2.07. The summed E-state index contributed by atoms with van der Waals surface area (Å²) in [6.45, 7) is 2.05. The summed E-state index contributed by atoms with van der Waals surface area (Å²) in [5, 5.41) is 11.5. The van der Waals surface area contributed by atoms with Gasteiger partial charge in [-0.15, -0.1) is 0 Å². The zero-order valence-corrected chi connectivity index (χ0v) is 12.6. The maximum absolute atomic E-state index is 5.25. The molecular weight excluding hydrogens is 282 g/mol. The highest BCUT2D eigenvalue weighted by atomic mass is 32.1. The molecule has 0 amide bonds. The molecule has 1 aromatic carbocycles. The number of aromatic nitrogens is 4. The molecule has 0 saturated heterocycles. The molecule has 6 heteroatoms. The van der Waals surface area contributed by atoms with E-state index in [1.807, 2.05) is 54.2 Å². The normalized spacial score (nSPS) is 11.3. The van der Waals surface area contributed by atoms with Crippen LogP contribution in [0, 0.1) is 11.7 Å². The van der Waals surface area contributed by atoms with Gasteiger partial charge in [0.15, 0.2) is 5.82 Å². The molecule has 106 valence electrons. The number of hydrogen-bond acceptors (Lipinski definition) is 3. The Kier molecular flexibility index (Phi) is 3.53. The number of hydrogen-bond donors (Lipinski definition) is 1. The summed E-state index contributed by atoms with van der Waals surface area (Å²) < 4.78 is 4.09. The fourth-order valence-electron chi connectivity index (χ4n) is 2.01. The van der Waals surface area contributed by atoms with Crippen LogP contribution in [0.2, 0.25) is 0 Å². The molecule has 0 aliphatic rings. The van der Waals surface area contributed by atoms with E-state index in [0.29, 0.717) is 10.6 Å². The van der Waals surface area contributed by atoms with Crippen LogP contribution in [-0.2, 0) is 7.05 Å². The van der Waals surface area contributed by atoms with Gasteiger partial charge in [-0.1, -0.05) is 29.8 Å². The molecule has 0 saturated carbocycles. The Morgan fingerprint density at radius 1 is 1.24 bits per heavy atom. The second kappa shape index (κ2) is 5.49. The molecule has 0 unspecified atom stereocenters. The number of aromatic amines is 1. The van der Waals surface area contributed by atoms with Gasteiger partial charge in [0.05, 0.1) is 11.9 Å². The Morgan fingerprint density at radius 2 is 2.00 bits per heavy atom. The summed E-state index contributed by atoms with van der Waals surface area (Å²) >= 11 is 5.25. The molecular formula is C15H15N5S. The van der Waals surface area contributed by atoms with Crippen LogP contribution in [0.25, 0.3) is 11.4 Å². The van der Waals surface area contributed by atoms with E-state index in [-0.39, 0.29) is 0 Å². The van der Waals surface area contributed by atoms with Gasteiger partial charge in [0.2, 0.25) is 4.77 Å². The van der Waals surface area contributed by atoms with Gasteiger partial charge in [0.25, 0.3) is 0 Å². The lowest BCUT2D eigenvalue weighted by Crippen LogP contribution is -1.98. The minimum absolute atomic E-state index is 0.469. The van der Waals surface area contributed by atoms with Crippen molar-refractivity contribution in [2.45, 2.75) is 6.92 Å². The molecule has 0 spiro atoms. The SMILES string of the molecule is Cc1ccc(-c2n[nH]c(=S)n2/N=C\c2cccn2C)cc1. The Morgan fingerprint density at radius 3 is 2.67 bits per heavy atom. The summed E-state index contributed by atoms with van der Waals surface area (Å²) in [4.78, 5) is 0. The van der Waals surface area contributed by atoms with Gasteiger partial charge in [0, 0.05) is 18.8 Å². The van der Waals surface area contributed by atoms with E-state index in [0.717, 1.165) is 11.3 Å². The van der Waals surface area contributed by atoms with Crippen LogP contribution in [0.15, 0.2) is 47.7 Å². The van der Waals surface area contributed by atoms with Crippen molar-refractivity contribution < 1.29 is 0 Å². The van der Waals surface area contributed by atoms with E-state index in [1.165, 1.54) is 5.56 Å². The van der Waals surface area contributed by atoms with Crippen LogP contribution in [0.1, 0.15) is 11.3 Å². The van der Waals surface area contributed by atoms with Crippen LogP contribution >= 0.6 is 12.2 Å².